The van der Waals surface area contributed by atoms with E-state index in [1.165, 1.54) is 13.2 Å². The highest BCUT2D eigenvalue weighted by Crippen LogP contribution is 2.38. The van der Waals surface area contributed by atoms with Crippen LogP contribution in [0.15, 0.2) is 48.5 Å². The van der Waals surface area contributed by atoms with Crippen LogP contribution in [0.4, 0.5) is 24.5 Å². The first-order chi connectivity index (χ1) is 18.0. The first-order valence-electron chi connectivity index (χ1n) is 11.6. The van der Waals surface area contributed by atoms with E-state index in [1.807, 2.05) is 4.57 Å². The number of phenolic OH excluding ortho intramolecular Hbond substituents is 1. The summed E-state index contributed by atoms with van der Waals surface area (Å²) in [6.07, 6.45) is -4.68. The van der Waals surface area contributed by atoms with Crippen molar-refractivity contribution >= 4 is 39.0 Å². The molecule has 0 spiro atoms. The number of nitrogens with zero attached hydrogens (tertiary/aromatic N) is 1. The number of carbonyl (C=O) groups is 1. The Morgan fingerprint density at radius 3 is 2.47 bits per heavy atom. The Morgan fingerprint density at radius 1 is 1.11 bits per heavy atom. The summed E-state index contributed by atoms with van der Waals surface area (Å²) in [6.45, 7) is 2.32. The summed E-state index contributed by atoms with van der Waals surface area (Å²) >= 11 is 0. The number of alkyl halides is 3. The lowest BCUT2D eigenvalue weighted by Gasteiger charge is -2.19. The van der Waals surface area contributed by atoms with Gasteiger partial charge in [0.25, 0.3) is 0 Å². The number of halogens is 3. The maximum Gasteiger partial charge on any atom is 0.416 e. The van der Waals surface area contributed by atoms with Gasteiger partial charge in [-0.3, -0.25) is 0 Å². The Kier molecular flexibility index (Phi) is 7.78. The Hall–Kier alpha value is -3.84. The zero-order chi connectivity index (χ0) is 27.6. The molecule has 1 heterocycles. The molecule has 3 aromatic carbocycles. The van der Waals surface area contributed by atoms with Crippen LogP contribution in [0.5, 0.6) is 5.75 Å². The Morgan fingerprint density at radius 2 is 1.82 bits per heavy atom. The summed E-state index contributed by atoms with van der Waals surface area (Å²) in [5, 5.41) is 34.9. The largest absolute Gasteiger partial charge is 0.595 e. The van der Waals surface area contributed by atoms with E-state index in [-0.39, 0.29) is 43.3 Å². The summed E-state index contributed by atoms with van der Waals surface area (Å²) in [7, 11) is 1.48. The van der Waals surface area contributed by atoms with Crippen LogP contribution in [0.2, 0.25) is 0 Å². The molecule has 1 atom stereocenters. The lowest BCUT2D eigenvalue weighted by atomic mass is 10.0. The van der Waals surface area contributed by atoms with Crippen molar-refractivity contribution in [3.63, 3.8) is 0 Å². The van der Waals surface area contributed by atoms with Crippen LogP contribution in [0.3, 0.4) is 0 Å². The Bertz CT molecular complexity index is 1480. The molecule has 4 N–H and O–H groups in total. The molecule has 0 aliphatic heterocycles. The monoisotopic (exact) mass is 533 g/mol. The Balaban J connectivity index is 1.73. The van der Waals surface area contributed by atoms with Gasteiger partial charge >= 0.3 is 12.1 Å². The minimum absolute atomic E-state index is 0.00910. The molecule has 0 bridgehead atoms. The van der Waals surface area contributed by atoms with Gasteiger partial charge in [0, 0.05) is 48.1 Å². The van der Waals surface area contributed by atoms with Gasteiger partial charge in [0.05, 0.1) is 28.9 Å². The predicted molar refractivity (Wildman–Crippen MR) is 134 cm³/mol. The van der Waals surface area contributed by atoms with E-state index in [1.54, 1.807) is 31.2 Å². The molecule has 202 valence electrons. The van der Waals surface area contributed by atoms with E-state index in [0.717, 1.165) is 12.1 Å². The van der Waals surface area contributed by atoms with Crippen molar-refractivity contribution in [2.75, 3.05) is 32.2 Å². The molecule has 0 aliphatic carbocycles. The number of hydrogen-bond acceptors (Lipinski definition) is 7. The number of esters is 1. The van der Waals surface area contributed by atoms with Crippen LogP contribution in [0.1, 0.15) is 21.6 Å². The first-order valence-corrected chi connectivity index (χ1v) is 11.6. The topological polar surface area (TPSA) is 120 Å². The van der Waals surface area contributed by atoms with Crippen molar-refractivity contribution in [3.8, 4) is 5.75 Å². The van der Waals surface area contributed by atoms with Gasteiger partial charge in [0.15, 0.2) is 5.69 Å². The number of nitrogens with one attached hydrogen (secondary N) is 2. The number of ether oxygens (including phenoxy) is 2. The van der Waals surface area contributed by atoms with Crippen LogP contribution >= 0.6 is 0 Å². The predicted octanol–water partition coefficient (Wildman–Crippen LogP) is 4.15. The van der Waals surface area contributed by atoms with Gasteiger partial charge in [-0.25, -0.2) is 10.0 Å². The number of phenols is 1. The number of methoxy groups -OCH3 is 1. The summed E-state index contributed by atoms with van der Waals surface area (Å²) in [5.74, 6) is -0.605. The Labute approximate surface area is 215 Å². The van der Waals surface area contributed by atoms with Crippen LogP contribution in [-0.2, 0) is 22.2 Å². The number of benzene rings is 3. The van der Waals surface area contributed by atoms with E-state index in [4.69, 9.17) is 9.47 Å². The summed E-state index contributed by atoms with van der Waals surface area (Å²) in [4.78, 5) is 13.0. The third kappa shape index (κ3) is 5.24. The normalized spacial score (nSPS) is 12.7. The fourth-order valence-corrected chi connectivity index (χ4v) is 4.50. The highest BCUT2D eigenvalue weighted by molar-refractivity contribution is 6.16. The number of rotatable bonds is 9. The number of fused-ring (bicyclic) bond motifs is 3. The molecule has 0 radical (unpaired) electrons. The summed E-state index contributed by atoms with van der Waals surface area (Å²) < 4.78 is 51.3. The lowest BCUT2D eigenvalue weighted by molar-refractivity contribution is -0.990. The molecule has 0 amide bonds. The minimum atomic E-state index is -4.68. The van der Waals surface area contributed by atoms with Gasteiger partial charge < -0.3 is 29.7 Å². The molecule has 0 saturated heterocycles. The van der Waals surface area contributed by atoms with Crippen molar-refractivity contribution in [2.45, 2.75) is 19.6 Å². The molecule has 0 saturated carbocycles. The van der Waals surface area contributed by atoms with E-state index in [9.17, 15) is 33.5 Å². The fraction of sp³-hybridized carbons (Fsp3) is 0.269. The number of carbonyl (C=O) groups excluding carboxylic acids is 1. The second-order valence-electron chi connectivity index (χ2n) is 8.57. The first kappa shape index (κ1) is 27.2. The molecule has 9 nitrogen and oxygen atoms in total. The molecule has 1 unspecified atom stereocenters. The van der Waals surface area contributed by atoms with Gasteiger partial charge in [-0.1, -0.05) is 24.3 Å². The van der Waals surface area contributed by atoms with Crippen molar-refractivity contribution in [3.05, 3.63) is 70.6 Å². The van der Waals surface area contributed by atoms with Gasteiger partial charge in [0.2, 0.25) is 0 Å². The average Bonchev–Trinajstić information content (AvgIpc) is 3.14. The third-order valence-electron chi connectivity index (χ3n) is 6.25. The zero-order valence-corrected chi connectivity index (χ0v) is 20.6. The number of aromatic hydroxyl groups is 1. The zero-order valence-electron chi connectivity index (χ0n) is 20.6. The van der Waals surface area contributed by atoms with Crippen LogP contribution in [-0.4, -0.2) is 47.7 Å². The van der Waals surface area contributed by atoms with Crippen molar-refractivity contribution in [1.29, 1.82) is 0 Å². The summed E-state index contributed by atoms with van der Waals surface area (Å²) in [6, 6.07) is 11.1. The smallest absolute Gasteiger partial charge is 0.416 e. The molecule has 4 aromatic rings. The quantitative estimate of drug-likeness (QED) is 0.145. The minimum Gasteiger partial charge on any atom is -0.595 e. The van der Waals surface area contributed by atoms with E-state index in [0.29, 0.717) is 33.4 Å². The van der Waals surface area contributed by atoms with Gasteiger partial charge in [-0.05, 0) is 25.1 Å². The summed E-state index contributed by atoms with van der Waals surface area (Å²) in [5.41, 5.74) is -0.0744. The molecule has 0 fully saturated rings. The molecule has 1 aromatic heterocycles. The number of anilines is 1. The molecular weight excluding hydrogens is 507 g/mol. The SMILES string of the molecule is COCCOC(=O)c1c(C)n(CCNc2ccc(C(F)(F)F)cc2[NH+]([O-])O)c2c1cc(O)c1ccccc12. The number of aromatic nitrogens is 1. The standard InChI is InChI=1S/C26H26F3N3O6/c1-15-23(25(34)38-12-11-37-2)19-14-22(33)17-5-3-4-6-18(17)24(19)31(15)10-9-30-20-8-7-16(26(27,28)29)13-21(20)32(35)36/h3-8,13-14,30,32-33,35H,9-12H2,1-2H3. The molecule has 38 heavy (non-hydrogen) atoms. The molecule has 0 aliphatic rings. The average molecular weight is 534 g/mol. The maximum atomic E-state index is 13.1. The number of hydrogen-bond donors (Lipinski definition) is 4. The van der Waals surface area contributed by atoms with Crippen molar-refractivity contribution in [1.82, 2.24) is 4.57 Å². The highest BCUT2D eigenvalue weighted by Gasteiger charge is 2.32. The van der Waals surface area contributed by atoms with Crippen LogP contribution < -0.4 is 10.5 Å². The van der Waals surface area contributed by atoms with Crippen LogP contribution in [0, 0.1) is 12.1 Å². The number of quaternary nitrogens is 1. The van der Waals surface area contributed by atoms with E-state index >= 15 is 0 Å². The lowest BCUT2D eigenvalue weighted by Crippen LogP contribution is -2.99. The van der Waals surface area contributed by atoms with Crippen LogP contribution in [0.25, 0.3) is 21.7 Å². The molecule has 12 heteroatoms. The second-order valence-corrected chi connectivity index (χ2v) is 8.57. The van der Waals surface area contributed by atoms with Gasteiger partial charge in [-0.2, -0.15) is 18.4 Å². The third-order valence-corrected chi connectivity index (χ3v) is 6.25. The van der Waals surface area contributed by atoms with Gasteiger partial charge in [0.1, 0.15) is 12.4 Å². The van der Waals surface area contributed by atoms with Gasteiger partial charge in [-0.15, -0.1) is 0 Å². The molecular formula is C26H26F3N3O6. The van der Waals surface area contributed by atoms with E-state index < -0.39 is 28.6 Å². The second kappa shape index (κ2) is 10.9. The van der Waals surface area contributed by atoms with Crippen molar-refractivity contribution in [2.24, 2.45) is 0 Å². The van der Waals surface area contributed by atoms with E-state index in [2.05, 4.69) is 5.32 Å². The molecule has 4 rings (SSSR count). The fourth-order valence-electron chi connectivity index (χ4n) is 4.50. The maximum absolute atomic E-state index is 13.1. The van der Waals surface area contributed by atoms with Crippen molar-refractivity contribution < 1.29 is 43.0 Å². The highest BCUT2D eigenvalue weighted by atomic mass is 19.4.